The molecule has 0 bridgehead atoms. The molecule has 1 aliphatic carbocycles. The van der Waals surface area contributed by atoms with E-state index in [0.29, 0.717) is 5.75 Å². The molecule has 112 valence electrons. The van der Waals surface area contributed by atoms with E-state index < -0.39 is 10.1 Å². The molecular formula is C18H16O3S. The van der Waals surface area contributed by atoms with Crippen LogP contribution in [0.1, 0.15) is 17.0 Å². The first-order chi connectivity index (χ1) is 10.5. The van der Waals surface area contributed by atoms with Crippen LogP contribution < -0.4 is 4.18 Å². The lowest BCUT2D eigenvalue weighted by Gasteiger charge is -2.09. The second kappa shape index (κ2) is 5.81. The molecule has 0 atom stereocenters. The van der Waals surface area contributed by atoms with E-state index in [1.807, 2.05) is 31.2 Å². The van der Waals surface area contributed by atoms with Crippen molar-refractivity contribution >= 4 is 10.1 Å². The Bertz CT molecular complexity index is 802. The van der Waals surface area contributed by atoms with Crippen LogP contribution in [0.2, 0.25) is 0 Å². The van der Waals surface area contributed by atoms with E-state index in [1.165, 1.54) is 0 Å². The molecule has 2 aromatic rings. The van der Waals surface area contributed by atoms with Crippen molar-refractivity contribution < 1.29 is 12.6 Å². The van der Waals surface area contributed by atoms with E-state index in [9.17, 15) is 8.42 Å². The van der Waals surface area contributed by atoms with Crippen molar-refractivity contribution in [3.63, 3.8) is 0 Å². The van der Waals surface area contributed by atoms with Gasteiger partial charge < -0.3 is 4.18 Å². The maximum Gasteiger partial charge on any atom is 0.339 e. The van der Waals surface area contributed by atoms with Crippen molar-refractivity contribution in [2.45, 2.75) is 17.7 Å². The minimum absolute atomic E-state index is 0.156. The molecule has 0 amide bonds. The third-order valence-electron chi connectivity index (χ3n) is 3.53. The second-order valence-corrected chi connectivity index (χ2v) is 6.76. The van der Waals surface area contributed by atoms with Crippen molar-refractivity contribution in [3.8, 4) is 5.75 Å². The lowest BCUT2D eigenvalue weighted by Crippen LogP contribution is -2.09. The maximum atomic E-state index is 12.2. The second-order valence-electron chi connectivity index (χ2n) is 5.22. The third-order valence-corrected chi connectivity index (χ3v) is 4.79. The molecule has 0 aromatic heterocycles. The molecule has 0 N–H and O–H groups in total. The molecule has 3 rings (SSSR count). The lowest BCUT2D eigenvalue weighted by atomic mass is 10.0. The molecule has 0 radical (unpaired) electrons. The molecule has 0 saturated carbocycles. The summed E-state index contributed by atoms with van der Waals surface area (Å²) < 4.78 is 29.6. The summed E-state index contributed by atoms with van der Waals surface area (Å²) in [6, 6.07) is 13.7. The molecule has 1 aliphatic rings. The molecule has 2 aromatic carbocycles. The Kier molecular flexibility index (Phi) is 3.86. The predicted molar refractivity (Wildman–Crippen MR) is 86.5 cm³/mol. The topological polar surface area (TPSA) is 43.4 Å². The van der Waals surface area contributed by atoms with Crippen molar-refractivity contribution in [3.05, 3.63) is 84.0 Å². The fourth-order valence-corrected chi connectivity index (χ4v) is 3.21. The highest BCUT2D eigenvalue weighted by molar-refractivity contribution is 7.87. The SMILES string of the molecule is Cc1ccc(S(=O)(=O)Oc2ccc(C3C=CC=C3)cc2)cc1. The van der Waals surface area contributed by atoms with Crippen LogP contribution in [0.4, 0.5) is 0 Å². The van der Waals surface area contributed by atoms with Crippen LogP contribution in [0.15, 0.2) is 77.7 Å². The Morgan fingerprint density at radius 2 is 1.45 bits per heavy atom. The van der Waals surface area contributed by atoms with Gasteiger partial charge in [0.2, 0.25) is 0 Å². The van der Waals surface area contributed by atoms with Crippen LogP contribution in [0.25, 0.3) is 0 Å². The van der Waals surface area contributed by atoms with Gasteiger partial charge in [-0.2, -0.15) is 8.42 Å². The zero-order chi connectivity index (χ0) is 15.6. The number of allylic oxidation sites excluding steroid dienone is 4. The number of hydrogen-bond acceptors (Lipinski definition) is 3. The average molecular weight is 312 g/mol. The van der Waals surface area contributed by atoms with E-state index >= 15 is 0 Å². The van der Waals surface area contributed by atoms with E-state index in [0.717, 1.165) is 11.1 Å². The Labute approximate surface area is 130 Å². The van der Waals surface area contributed by atoms with Crippen LogP contribution >= 0.6 is 0 Å². The number of aryl methyl sites for hydroxylation is 1. The molecule has 0 saturated heterocycles. The lowest BCUT2D eigenvalue weighted by molar-refractivity contribution is 0.486. The molecule has 3 nitrogen and oxygen atoms in total. The molecule has 4 heteroatoms. The van der Waals surface area contributed by atoms with Crippen molar-refractivity contribution in [2.75, 3.05) is 0 Å². The van der Waals surface area contributed by atoms with E-state index in [2.05, 4.69) is 12.2 Å². The fraction of sp³-hybridized carbons (Fsp3) is 0.111. The molecular weight excluding hydrogens is 296 g/mol. The minimum Gasteiger partial charge on any atom is -0.379 e. The molecule has 0 spiro atoms. The van der Waals surface area contributed by atoms with Crippen molar-refractivity contribution in [1.29, 1.82) is 0 Å². The number of rotatable bonds is 4. The Hall–Kier alpha value is -2.33. The summed E-state index contributed by atoms with van der Waals surface area (Å²) in [7, 11) is -3.79. The Morgan fingerprint density at radius 3 is 2.05 bits per heavy atom. The largest absolute Gasteiger partial charge is 0.379 e. The highest BCUT2D eigenvalue weighted by atomic mass is 32.2. The highest BCUT2D eigenvalue weighted by Gasteiger charge is 2.16. The van der Waals surface area contributed by atoms with Crippen LogP contribution in [-0.2, 0) is 10.1 Å². The third kappa shape index (κ3) is 3.12. The monoisotopic (exact) mass is 312 g/mol. The summed E-state index contributed by atoms with van der Waals surface area (Å²) in [5.74, 6) is 0.568. The van der Waals surface area contributed by atoms with E-state index in [4.69, 9.17) is 4.18 Å². The summed E-state index contributed by atoms with van der Waals surface area (Å²) in [5, 5.41) is 0. The zero-order valence-electron chi connectivity index (χ0n) is 12.1. The number of benzene rings is 2. The Morgan fingerprint density at radius 1 is 0.864 bits per heavy atom. The van der Waals surface area contributed by atoms with Gasteiger partial charge >= 0.3 is 10.1 Å². The summed E-state index contributed by atoms with van der Waals surface area (Å²) in [6.07, 6.45) is 8.16. The first-order valence-corrected chi connectivity index (χ1v) is 8.41. The van der Waals surface area contributed by atoms with Gasteiger partial charge in [-0.1, -0.05) is 54.1 Å². The predicted octanol–water partition coefficient (Wildman–Crippen LogP) is 3.97. The van der Waals surface area contributed by atoms with Gasteiger partial charge in [-0.25, -0.2) is 0 Å². The van der Waals surface area contributed by atoms with Gasteiger partial charge in [0, 0.05) is 5.92 Å². The fourth-order valence-electron chi connectivity index (χ4n) is 2.28. The van der Waals surface area contributed by atoms with Crippen LogP contribution in [0.3, 0.4) is 0 Å². The van der Waals surface area contributed by atoms with Crippen molar-refractivity contribution in [1.82, 2.24) is 0 Å². The van der Waals surface area contributed by atoms with Crippen LogP contribution in [0, 0.1) is 6.92 Å². The summed E-state index contributed by atoms with van der Waals surface area (Å²) in [4.78, 5) is 0.156. The summed E-state index contributed by atoms with van der Waals surface area (Å²) in [5.41, 5.74) is 2.10. The van der Waals surface area contributed by atoms with E-state index in [-0.39, 0.29) is 10.8 Å². The smallest absolute Gasteiger partial charge is 0.339 e. The van der Waals surface area contributed by atoms with Gasteiger partial charge in [0.15, 0.2) is 0 Å². The molecule has 0 heterocycles. The van der Waals surface area contributed by atoms with E-state index in [1.54, 1.807) is 36.4 Å². The average Bonchev–Trinajstić information content (AvgIpc) is 3.02. The Balaban J connectivity index is 1.79. The quantitative estimate of drug-likeness (QED) is 0.802. The molecule has 22 heavy (non-hydrogen) atoms. The van der Waals surface area contributed by atoms with Gasteiger partial charge in [0.1, 0.15) is 10.6 Å². The molecule has 0 unspecified atom stereocenters. The number of hydrogen-bond donors (Lipinski definition) is 0. The maximum absolute atomic E-state index is 12.2. The summed E-state index contributed by atoms with van der Waals surface area (Å²) >= 11 is 0. The molecule has 0 aliphatic heterocycles. The standard InChI is InChI=1S/C18H16O3S/c1-14-6-12-18(13-7-14)22(19,20)21-17-10-8-16(9-11-17)15-4-2-3-5-15/h2-13,15H,1H3. The minimum atomic E-state index is -3.79. The van der Waals surface area contributed by atoms with Gasteiger partial charge in [0.25, 0.3) is 0 Å². The van der Waals surface area contributed by atoms with Gasteiger partial charge in [0.05, 0.1) is 0 Å². The van der Waals surface area contributed by atoms with Crippen molar-refractivity contribution in [2.24, 2.45) is 0 Å². The van der Waals surface area contributed by atoms with Gasteiger partial charge in [-0.05, 0) is 36.8 Å². The normalized spacial score (nSPS) is 14.4. The van der Waals surface area contributed by atoms with Crippen LogP contribution in [-0.4, -0.2) is 8.42 Å². The zero-order valence-corrected chi connectivity index (χ0v) is 13.0. The van der Waals surface area contributed by atoms with Gasteiger partial charge in [-0.15, -0.1) is 0 Å². The van der Waals surface area contributed by atoms with Crippen LogP contribution in [0.5, 0.6) is 5.75 Å². The molecule has 0 fully saturated rings. The summed E-state index contributed by atoms with van der Waals surface area (Å²) in [6.45, 7) is 1.90. The highest BCUT2D eigenvalue weighted by Crippen LogP contribution is 2.26. The first-order valence-electron chi connectivity index (χ1n) is 7.01. The first kappa shape index (κ1) is 14.6. The van der Waals surface area contributed by atoms with Gasteiger partial charge in [-0.3, -0.25) is 0 Å².